The standard InChI is InChI=1S/C11H18N2S/c1-13-8-10(7-12)9-3-5-11(14-2)6-4-9/h3-6,10,13H,7-8,12H2,1-2H3. The minimum atomic E-state index is 0.427. The fourth-order valence-electron chi connectivity index (χ4n) is 1.46. The highest BCUT2D eigenvalue weighted by Crippen LogP contribution is 2.19. The molecule has 14 heavy (non-hydrogen) atoms. The predicted octanol–water partition coefficient (Wildman–Crippen LogP) is 1.67. The minimum absolute atomic E-state index is 0.427. The lowest BCUT2D eigenvalue weighted by molar-refractivity contribution is 0.637. The van der Waals surface area contributed by atoms with Crippen molar-refractivity contribution in [3.8, 4) is 0 Å². The molecule has 0 amide bonds. The lowest BCUT2D eigenvalue weighted by Crippen LogP contribution is -2.23. The van der Waals surface area contributed by atoms with Crippen LogP contribution in [-0.4, -0.2) is 26.4 Å². The van der Waals surface area contributed by atoms with E-state index in [1.807, 2.05) is 7.05 Å². The van der Waals surface area contributed by atoms with Crippen LogP contribution < -0.4 is 11.1 Å². The molecule has 1 atom stereocenters. The number of nitrogens with one attached hydrogen (secondary N) is 1. The summed E-state index contributed by atoms with van der Waals surface area (Å²) in [7, 11) is 1.96. The highest BCUT2D eigenvalue weighted by Gasteiger charge is 2.07. The lowest BCUT2D eigenvalue weighted by Gasteiger charge is -2.14. The Kier molecular flexibility index (Phi) is 5.01. The molecular weight excluding hydrogens is 192 g/mol. The van der Waals surface area contributed by atoms with E-state index in [1.165, 1.54) is 10.5 Å². The molecule has 0 saturated carbocycles. The van der Waals surface area contributed by atoms with Crippen LogP contribution in [-0.2, 0) is 0 Å². The van der Waals surface area contributed by atoms with Crippen molar-refractivity contribution in [2.24, 2.45) is 5.73 Å². The average Bonchev–Trinajstić information content (AvgIpc) is 2.26. The fraction of sp³-hybridized carbons (Fsp3) is 0.455. The molecule has 1 unspecified atom stereocenters. The Labute approximate surface area is 90.3 Å². The summed E-state index contributed by atoms with van der Waals surface area (Å²) in [5.74, 6) is 0.427. The summed E-state index contributed by atoms with van der Waals surface area (Å²) in [5, 5.41) is 3.16. The Balaban J connectivity index is 2.73. The van der Waals surface area contributed by atoms with E-state index in [0.717, 1.165) is 6.54 Å². The van der Waals surface area contributed by atoms with Gasteiger partial charge in [-0.1, -0.05) is 12.1 Å². The monoisotopic (exact) mass is 210 g/mol. The molecule has 3 N–H and O–H groups in total. The summed E-state index contributed by atoms with van der Waals surface area (Å²) in [4.78, 5) is 1.30. The largest absolute Gasteiger partial charge is 0.330 e. The Hall–Kier alpha value is -0.510. The molecule has 0 spiro atoms. The molecule has 0 aliphatic heterocycles. The Bertz CT molecular complexity index is 258. The first-order valence-corrected chi connectivity index (χ1v) is 6.03. The van der Waals surface area contributed by atoms with Crippen LogP contribution >= 0.6 is 11.8 Å². The van der Waals surface area contributed by atoms with Gasteiger partial charge >= 0.3 is 0 Å². The van der Waals surface area contributed by atoms with Crippen molar-refractivity contribution in [1.82, 2.24) is 5.32 Å². The summed E-state index contributed by atoms with van der Waals surface area (Å²) in [6.07, 6.45) is 2.09. The number of hydrogen-bond acceptors (Lipinski definition) is 3. The summed E-state index contributed by atoms with van der Waals surface area (Å²) in [5.41, 5.74) is 7.04. The van der Waals surface area contributed by atoms with E-state index < -0.39 is 0 Å². The molecule has 2 nitrogen and oxygen atoms in total. The van der Waals surface area contributed by atoms with Gasteiger partial charge in [0.2, 0.25) is 0 Å². The second-order valence-corrected chi connectivity index (χ2v) is 4.14. The number of likely N-dealkylation sites (N-methyl/N-ethyl adjacent to an activating group) is 1. The van der Waals surface area contributed by atoms with Crippen molar-refractivity contribution in [3.63, 3.8) is 0 Å². The highest BCUT2D eigenvalue weighted by molar-refractivity contribution is 7.98. The first-order valence-electron chi connectivity index (χ1n) is 4.80. The highest BCUT2D eigenvalue weighted by atomic mass is 32.2. The third kappa shape index (κ3) is 3.01. The molecule has 1 rings (SSSR count). The van der Waals surface area contributed by atoms with E-state index in [2.05, 4.69) is 35.8 Å². The molecule has 0 aliphatic rings. The number of nitrogens with two attached hydrogens (primary N) is 1. The molecule has 3 heteroatoms. The average molecular weight is 210 g/mol. The van der Waals surface area contributed by atoms with Crippen LogP contribution in [0.3, 0.4) is 0 Å². The second kappa shape index (κ2) is 6.06. The van der Waals surface area contributed by atoms with Crippen molar-refractivity contribution in [2.75, 3.05) is 26.4 Å². The molecule has 0 aliphatic carbocycles. The van der Waals surface area contributed by atoms with Gasteiger partial charge < -0.3 is 11.1 Å². The van der Waals surface area contributed by atoms with Gasteiger partial charge in [0.15, 0.2) is 0 Å². The molecule has 1 aromatic rings. The van der Waals surface area contributed by atoms with Crippen LogP contribution in [0.2, 0.25) is 0 Å². The number of hydrogen-bond donors (Lipinski definition) is 2. The van der Waals surface area contributed by atoms with Crippen LogP contribution in [0.1, 0.15) is 11.5 Å². The maximum absolute atomic E-state index is 5.72. The molecule has 0 saturated heterocycles. The minimum Gasteiger partial charge on any atom is -0.330 e. The molecule has 1 aromatic carbocycles. The maximum Gasteiger partial charge on any atom is 0.00862 e. The van der Waals surface area contributed by atoms with Crippen LogP contribution in [0, 0.1) is 0 Å². The van der Waals surface area contributed by atoms with E-state index in [4.69, 9.17) is 5.73 Å². The van der Waals surface area contributed by atoms with Crippen LogP contribution in [0.4, 0.5) is 0 Å². The van der Waals surface area contributed by atoms with Crippen LogP contribution in [0.15, 0.2) is 29.2 Å². The number of benzene rings is 1. The second-order valence-electron chi connectivity index (χ2n) is 3.26. The van der Waals surface area contributed by atoms with Gasteiger partial charge in [-0.05, 0) is 31.0 Å². The molecule has 0 fully saturated rings. The fourth-order valence-corrected chi connectivity index (χ4v) is 1.87. The van der Waals surface area contributed by atoms with Crippen molar-refractivity contribution in [2.45, 2.75) is 10.8 Å². The smallest absolute Gasteiger partial charge is 0.00862 e. The first kappa shape index (κ1) is 11.6. The molecule has 0 bridgehead atoms. The lowest BCUT2D eigenvalue weighted by atomic mass is 9.99. The SMILES string of the molecule is CNCC(CN)c1ccc(SC)cc1. The summed E-state index contributed by atoms with van der Waals surface area (Å²) >= 11 is 1.76. The van der Waals surface area contributed by atoms with Crippen LogP contribution in [0.25, 0.3) is 0 Å². The predicted molar refractivity (Wildman–Crippen MR) is 63.9 cm³/mol. The van der Waals surface area contributed by atoms with E-state index in [0.29, 0.717) is 12.5 Å². The van der Waals surface area contributed by atoms with E-state index in [-0.39, 0.29) is 0 Å². The number of rotatable bonds is 5. The quantitative estimate of drug-likeness (QED) is 0.726. The van der Waals surface area contributed by atoms with Gasteiger partial charge in [0.05, 0.1) is 0 Å². The number of thioether (sulfide) groups is 1. The Morgan fingerprint density at radius 2 is 2.00 bits per heavy atom. The van der Waals surface area contributed by atoms with E-state index in [9.17, 15) is 0 Å². The molecule has 0 heterocycles. The van der Waals surface area contributed by atoms with Gasteiger partial charge in [0.1, 0.15) is 0 Å². The zero-order valence-electron chi connectivity index (χ0n) is 8.79. The van der Waals surface area contributed by atoms with Gasteiger partial charge in [-0.3, -0.25) is 0 Å². The summed E-state index contributed by atoms with van der Waals surface area (Å²) in [6, 6.07) is 8.64. The third-order valence-electron chi connectivity index (χ3n) is 2.32. The van der Waals surface area contributed by atoms with Gasteiger partial charge in [-0.25, -0.2) is 0 Å². The maximum atomic E-state index is 5.72. The Morgan fingerprint density at radius 1 is 1.36 bits per heavy atom. The first-order chi connectivity index (χ1) is 6.81. The molecular formula is C11H18N2S. The van der Waals surface area contributed by atoms with Gasteiger partial charge in [0.25, 0.3) is 0 Å². The van der Waals surface area contributed by atoms with Gasteiger partial charge in [-0.2, -0.15) is 0 Å². The molecule has 0 radical (unpaired) electrons. The Morgan fingerprint density at radius 3 is 2.43 bits per heavy atom. The normalized spacial score (nSPS) is 12.8. The van der Waals surface area contributed by atoms with Crippen LogP contribution in [0.5, 0.6) is 0 Å². The third-order valence-corrected chi connectivity index (χ3v) is 3.07. The van der Waals surface area contributed by atoms with Crippen molar-refractivity contribution < 1.29 is 0 Å². The van der Waals surface area contributed by atoms with Crippen molar-refractivity contribution in [3.05, 3.63) is 29.8 Å². The topological polar surface area (TPSA) is 38.0 Å². The van der Waals surface area contributed by atoms with Gasteiger partial charge in [0, 0.05) is 23.9 Å². The molecule has 78 valence electrons. The summed E-state index contributed by atoms with van der Waals surface area (Å²) in [6.45, 7) is 1.63. The van der Waals surface area contributed by atoms with Crippen molar-refractivity contribution in [1.29, 1.82) is 0 Å². The molecule has 0 aromatic heterocycles. The zero-order chi connectivity index (χ0) is 10.4. The van der Waals surface area contributed by atoms with Gasteiger partial charge in [-0.15, -0.1) is 11.8 Å². The van der Waals surface area contributed by atoms with E-state index >= 15 is 0 Å². The summed E-state index contributed by atoms with van der Waals surface area (Å²) < 4.78 is 0. The zero-order valence-corrected chi connectivity index (χ0v) is 9.60. The van der Waals surface area contributed by atoms with Crippen molar-refractivity contribution >= 4 is 11.8 Å². The van der Waals surface area contributed by atoms with E-state index in [1.54, 1.807) is 11.8 Å².